The Kier molecular flexibility index (Phi) is 3.85. The highest BCUT2D eigenvalue weighted by Gasteiger charge is 2.14. The lowest BCUT2D eigenvalue weighted by molar-refractivity contribution is -0.384. The van der Waals surface area contributed by atoms with Crippen molar-refractivity contribution in [1.29, 1.82) is 0 Å². The fourth-order valence-electron chi connectivity index (χ4n) is 1.58. The number of benzene rings is 2. The second kappa shape index (κ2) is 5.75. The van der Waals surface area contributed by atoms with Gasteiger partial charge in [0.2, 0.25) is 0 Å². The second-order valence-electron chi connectivity index (χ2n) is 3.85. The Labute approximate surface area is 113 Å². The number of hydrogen-bond donors (Lipinski definition) is 0. The lowest BCUT2D eigenvalue weighted by atomic mass is 10.2. The number of non-ortho nitro benzene ring substituents is 1. The smallest absolute Gasteiger partial charge is 0.343 e. The Morgan fingerprint density at radius 3 is 2.60 bits per heavy atom. The van der Waals surface area contributed by atoms with Crippen molar-refractivity contribution >= 4 is 17.9 Å². The molecule has 0 atom stereocenters. The van der Waals surface area contributed by atoms with Gasteiger partial charge in [-0.25, -0.2) is 4.79 Å². The van der Waals surface area contributed by atoms with Gasteiger partial charge in [0.05, 0.1) is 16.1 Å². The molecular weight excluding hydrogens is 262 g/mol. The average molecular weight is 271 g/mol. The number of aldehydes is 1. The van der Waals surface area contributed by atoms with Crippen molar-refractivity contribution < 1.29 is 19.2 Å². The molecule has 100 valence electrons. The van der Waals surface area contributed by atoms with Crippen LogP contribution in [-0.4, -0.2) is 17.2 Å². The van der Waals surface area contributed by atoms with Crippen LogP contribution in [0.1, 0.15) is 20.7 Å². The van der Waals surface area contributed by atoms with Crippen LogP contribution < -0.4 is 4.74 Å². The molecule has 0 spiro atoms. The van der Waals surface area contributed by atoms with Crippen molar-refractivity contribution in [3.05, 3.63) is 69.8 Å². The van der Waals surface area contributed by atoms with E-state index in [-0.39, 0.29) is 22.6 Å². The zero-order chi connectivity index (χ0) is 14.5. The third kappa shape index (κ3) is 2.86. The van der Waals surface area contributed by atoms with E-state index in [9.17, 15) is 19.7 Å². The predicted molar refractivity (Wildman–Crippen MR) is 69.9 cm³/mol. The molecule has 0 aliphatic rings. The minimum atomic E-state index is -0.761. The van der Waals surface area contributed by atoms with Crippen LogP contribution in [0, 0.1) is 10.1 Å². The van der Waals surface area contributed by atoms with Gasteiger partial charge < -0.3 is 4.74 Å². The largest absolute Gasteiger partial charge is 0.422 e. The van der Waals surface area contributed by atoms with Crippen molar-refractivity contribution in [3.63, 3.8) is 0 Å². The highest BCUT2D eigenvalue weighted by molar-refractivity contribution is 5.93. The number of hydrogen-bond acceptors (Lipinski definition) is 5. The number of nitro benzene ring substituents is 1. The first-order valence-corrected chi connectivity index (χ1v) is 5.62. The number of carbonyl (C=O) groups is 2. The maximum Gasteiger partial charge on any atom is 0.343 e. The van der Waals surface area contributed by atoms with Gasteiger partial charge >= 0.3 is 5.97 Å². The number of nitro groups is 1. The highest BCUT2D eigenvalue weighted by Crippen LogP contribution is 2.19. The molecule has 0 saturated heterocycles. The topological polar surface area (TPSA) is 86.5 Å². The predicted octanol–water partition coefficient (Wildman–Crippen LogP) is 2.63. The zero-order valence-corrected chi connectivity index (χ0v) is 10.2. The molecule has 0 amide bonds. The minimum Gasteiger partial charge on any atom is -0.422 e. The number of para-hydroxylation sites is 1. The summed E-state index contributed by atoms with van der Waals surface area (Å²) >= 11 is 0. The molecule has 0 saturated carbocycles. The molecule has 2 aromatic carbocycles. The van der Waals surface area contributed by atoms with Crippen molar-refractivity contribution in [2.45, 2.75) is 0 Å². The maximum absolute atomic E-state index is 11.9. The first kappa shape index (κ1) is 13.4. The summed E-state index contributed by atoms with van der Waals surface area (Å²) in [4.78, 5) is 32.7. The van der Waals surface area contributed by atoms with Crippen molar-refractivity contribution in [1.82, 2.24) is 0 Å². The summed E-state index contributed by atoms with van der Waals surface area (Å²) in [7, 11) is 0. The van der Waals surface area contributed by atoms with Crippen LogP contribution >= 0.6 is 0 Å². The van der Waals surface area contributed by atoms with Crippen molar-refractivity contribution in [3.8, 4) is 5.75 Å². The Hall–Kier alpha value is -3.02. The monoisotopic (exact) mass is 271 g/mol. The fraction of sp³-hybridized carbons (Fsp3) is 0. The SMILES string of the molecule is O=Cc1ccccc1OC(=O)c1cccc([N+](=O)[O-])c1. The van der Waals surface area contributed by atoms with Crippen LogP contribution in [0.5, 0.6) is 5.75 Å². The van der Waals surface area contributed by atoms with Crippen LogP contribution in [0.3, 0.4) is 0 Å². The molecule has 0 heterocycles. The van der Waals surface area contributed by atoms with Gasteiger partial charge in [0.25, 0.3) is 5.69 Å². The molecule has 2 aromatic rings. The molecule has 6 nitrogen and oxygen atoms in total. The quantitative estimate of drug-likeness (QED) is 0.280. The van der Waals surface area contributed by atoms with Crippen LogP contribution in [0.2, 0.25) is 0 Å². The summed E-state index contributed by atoms with van der Waals surface area (Å²) in [6, 6.07) is 11.4. The lowest BCUT2D eigenvalue weighted by Crippen LogP contribution is -2.10. The number of ether oxygens (including phenoxy) is 1. The Bertz CT molecular complexity index is 681. The Balaban J connectivity index is 2.26. The number of rotatable bonds is 4. The molecule has 6 heteroatoms. The molecule has 20 heavy (non-hydrogen) atoms. The van der Waals surface area contributed by atoms with Gasteiger partial charge in [0.1, 0.15) is 5.75 Å². The van der Waals surface area contributed by atoms with Crippen LogP contribution in [0.4, 0.5) is 5.69 Å². The highest BCUT2D eigenvalue weighted by atomic mass is 16.6. The molecule has 0 N–H and O–H groups in total. The fourth-order valence-corrected chi connectivity index (χ4v) is 1.58. The van der Waals surface area contributed by atoms with Gasteiger partial charge in [-0.05, 0) is 18.2 Å². The third-order valence-electron chi connectivity index (χ3n) is 2.54. The molecule has 0 aliphatic heterocycles. The molecule has 0 bridgehead atoms. The molecule has 0 unspecified atom stereocenters. The van der Waals surface area contributed by atoms with E-state index in [1.807, 2.05) is 0 Å². The molecular formula is C14H9NO5. The summed E-state index contributed by atoms with van der Waals surface area (Å²) in [5.74, 6) is -0.651. The van der Waals surface area contributed by atoms with Gasteiger partial charge in [0.15, 0.2) is 6.29 Å². The van der Waals surface area contributed by atoms with E-state index in [0.717, 1.165) is 6.07 Å². The maximum atomic E-state index is 11.9. The molecule has 0 aliphatic carbocycles. The van der Waals surface area contributed by atoms with E-state index < -0.39 is 10.9 Å². The van der Waals surface area contributed by atoms with E-state index >= 15 is 0 Å². The van der Waals surface area contributed by atoms with Gasteiger partial charge in [0, 0.05) is 12.1 Å². The summed E-state index contributed by atoms with van der Waals surface area (Å²) < 4.78 is 5.06. The van der Waals surface area contributed by atoms with Crippen molar-refractivity contribution in [2.75, 3.05) is 0 Å². The van der Waals surface area contributed by atoms with Gasteiger partial charge in [-0.2, -0.15) is 0 Å². The van der Waals surface area contributed by atoms with Crippen LogP contribution in [0.25, 0.3) is 0 Å². The van der Waals surface area contributed by atoms with E-state index in [4.69, 9.17) is 4.74 Å². The first-order chi connectivity index (χ1) is 9.61. The zero-order valence-electron chi connectivity index (χ0n) is 10.2. The van der Waals surface area contributed by atoms with Gasteiger partial charge in [-0.1, -0.05) is 18.2 Å². The number of esters is 1. The summed E-state index contributed by atoms with van der Waals surface area (Å²) in [5, 5.41) is 10.6. The number of nitrogens with zero attached hydrogens (tertiary/aromatic N) is 1. The lowest BCUT2D eigenvalue weighted by Gasteiger charge is -2.06. The Morgan fingerprint density at radius 1 is 1.15 bits per heavy atom. The van der Waals surface area contributed by atoms with E-state index in [1.54, 1.807) is 12.1 Å². The summed E-state index contributed by atoms with van der Waals surface area (Å²) in [6.45, 7) is 0. The standard InChI is InChI=1S/C14H9NO5/c16-9-11-4-1-2-7-13(11)20-14(17)10-5-3-6-12(8-10)15(18)19/h1-9H. The molecule has 2 rings (SSSR count). The molecule has 0 aromatic heterocycles. The Morgan fingerprint density at radius 2 is 1.90 bits per heavy atom. The third-order valence-corrected chi connectivity index (χ3v) is 2.54. The first-order valence-electron chi connectivity index (χ1n) is 5.62. The van der Waals surface area contributed by atoms with Gasteiger partial charge in [-0.3, -0.25) is 14.9 Å². The molecule has 0 radical (unpaired) electrons. The number of carbonyl (C=O) groups excluding carboxylic acids is 2. The van der Waals surface area contributed by atoms with Gasteiger partial charge in [-0.15, -0.1) is 0 Å². The molecule has 0 fully saturated rings. The van der Waals surface area contributed by atoms with Crippen LogP contribution in [0.15, 0.2) is 48.5 Å². The second-order valence-corrected chi connectivity index (χ2v) is 3.85. The van der Waals surface area contributed by atoms with E-state index in [0.29, 0.717) is 6.29 Å². The normalized spacial score (nSPS) is 9.80. The minimum absolute atomic E-state index is 0.0416. The van der Waals surface area contributed by atoms with Crippen molar-refractivity contribution in [2.24, 2.45) is 0 Å². The van der Waals surface area contributed by atoms with Crippen LogP contribution in [-0.2, 0) is 0 Å². The summed E-state index contributed by atoms with van der Waals surface area (Å²) in [5.41, 5.74) is 0.0642. The average Bonchev–Trinajstić information content (AvgIpc) is 2.48. The van der Waals surface area contributed by atoms with E-state index in [2.05, 4.69) is 0 Å². The summed E-state index contributed by atoms with van der Waals surface area (Å²) in [6.07, 6.45) is 0.566. The van der Waals surface area contributed by atoms with E-state index in [1.165, 1.54) is 30.3 Å².